The molecular formula is C22H32N4O5S. The van der Waals surface area contributed by atoms with E-state index in [0.717, 1.165) is 19.4 Å². The number of rotatable bonds is 9. The fourth-order valence-electron chi connectivity index (χ4n) is 3.41. The highest BCUT2D eigenvalue weighted by Crippen LogP contribution is 2.06. The average molecular weight is 465 g/mol. The van der Waals surface area contributed by atoms with E-state index in [1.54, 1.807) is 0 Å². The van der Waals surface area contributed by atoms with E-state index in [2.05, 4.69) is 20.3 Å². The van der Waals surface area contributed by atoms with Crippen LogP contribution >= 0.6 is 12.2 Å². The van der Waals surface area contributed by atoms with Crippen molar-refractivity contribution >= 4 is 35.2 Å². The summed E-state index contributed by atoms with van der Waals surface area (Å²) in [5.74, 6) is -1.11. The van der Waals surface area contributed by atoms with Crippen LogP contribution in [-0.4, -0.2) is 92.3 Å². The molecule has 1 saturated heterocycles. The molecule has 9 nitrogen and oxygen atoms in total. The second kappa shape index (κ2) is 13.6. The average Bonchev–Trinajstić information content (AvgIpc) is 3.04. The molecule has 1 amide bonds. The van der Waals surface area contributed by atoms with Crippen molar-refractivity contribution < 1.29 is 23.9 Å². The van der Waals surface area contributed by atoms with E-state index in [9.17, 15) is 14.4 Å². The van der Waals surface area contributed by atoms with Gasteiger partial charge in [0.2, 0.25) is 5.91 Å². The lowest BCUT2D eigenvalue weighted by Gasteiger charge is -2.27. The fourth-order valence-corrected chi connectivity index (χ4v) is 3.73. The van der Waals surface area contributed by atoms with Crippen molar-refractivity contribution in [3.63, 3.8) is 0 Å². The van der Waals surface area contributed by atoms with Crippen LogP contribution in [0.5, 0.6) is 0 Å². The maximum atomic E-state index is 12.3. The molecule has 1 aromatic carbocycles. The highest BCUT2D eigenvalue weighted by molar-refractivity contribution is 7.80. The monoisotopic (exact) mass is 464 g/mol. The number of carbonyl (C=O) groups is 3. The van der Waals surface area contributed by atoms with E-state index in [4.69, 9.17) is 17.0 Å². The molecule has 1 aromatic rings. The zero-order chi connectivity index (χ0) is 23.3. The molecule has 2 N–H and O–H groups in total. The summed E-state index contributed by atoms with van der Waals surface area (Å²) in [5, 5.41) is 6.26. The molecule has 32 heavy (non-hydrogen) atoms. The Labute approximate surface area is 194 Å². The van der Waals surface area contributed by atoms with Gasteiger partial charge in [-0.05, 0) is 30.6 Å². The number of ether oxygens (including phenoxy) is 2. The van der Waals surface area contributed by atoms with Gasteiger partial charge in [0.25, 0.3) is 0 Å². The first kappa shape index (κ1) is 25.5. The maximum Gasteiger partial charge on any atom is 0.328 e. The van der Waals surface area contributed by atoms with Gasteiger partial charge in [-0.25, -0.2) is 4.79 Å². The third-order valence-electron chi connectivity index (χ3n) is 5.20. The van der Waals surface area contributed by atoms with Crippen LogP contribution in [0.4, 0.5) is 0 Å². The molecule has 0 saturated carbocycles. The second-order valence-corrected chi connectivity index (χ2v) is 7.89. The van der Waals surface area contributed by atoms with Crippen LogP contribution < -0.4 is 10.6 Å². The Morgan fingerprint density at radius 3 is 2.50 bits per heavy atom. The molecule has 0 aliphatic carbocycles. The summed E-state index contributed by atoms with van der Waals surface area (Å²) in [6.45, 7) is 3.66. The van der Waals surface area contributed by atoms with Crippen LogP contribution in [0.1, 0.15) is 18.4 Å². The number of methoxy groups -OCH3 is 2. The molecule has 1 fully saturated rings. The lowest BCUT2D eigenvalue weighted by molar-refractivity contribution is -0.149. The van der Waals surface area contributed by atoms with Gasteiger partial charge in [-0.3, -0.25) is 14.5 Å². The molecule has 1 heterocycles. The van der Waals surface area contributed by atoms with Gasteiger partial charge in [0.1, 0.15) is 6.04 Å². The van der Waals surface area contributed by atoms with Gasteiger partial charge in [-0.2, -0.15) is 0 Å². The molecule has 1 atom stereocenters. The van der Waals surface area contributed by atoms with E-state index in [1.807, 2.05) is 35.2 Å². The minimum atomic E-state index is -0.908. The van der Waals surface area contributed by atoms with Gasteiger partial charge >= 0.3 is 11.9 Å². The van der Waals surface area contributed by atoms with Crippen molar-refractivity contribution in [2.75, 3.05) is 53.5 Å². The van der Waals surface area contributed by atoms with Crippen molar-refractivity contribution in [2.45, 2.75) is 25.3 Å². The van der Waals surface area contributed by atoms with Crippen molar-refractivity contribution in [1.82, 2.24) is 20.4 Å². The normalized spacial score (nSPS) is 15.2. The smallest absolute Gasteiger partial charge is 0.328 e. The predicted molar refractivity (Wildman–Crippen MR) is 124 cm³/mol. The number of hydrogen-bond acceptors (Lipinski definition) is 7. The van der Waals surface area contributed by atoms with Crippen molar-refractivity contribution in [3.8, 4) is 0 Å². The zero-order valence-electron chi connectivity index (χ0n) is 18.7. The van der Waals surface area contributed by atoms with Crippen molar-refractivity contribution in [2.24, 2.45) is 0 Å². The molecule has 0 aromatic heterocycles. The van der Waals surface area contributed by atoms with Gasteiger partial charge in [-0.15, -0.1) is 0 Å². The lowest BCUT2D eigenvalue weighted by atomic mass is 10.1. The standard InChI is InChI=1S/C22H32N4O5S/c1-30-20(28)15-18(21(29)31-2)24-22(32)26-12-6-11-25(13-14-26)16-19(27)23-10-9-17-7-4-3-5-8-17/h3-5,7-8,18H,6,9-16H2,1-2H3,(H,23,27)(H,24,32). The molecule has 1 aliphatic rings. The van der Waals surface area contributed by atoms with Crippen LogP contribution in [0.2, 0.25) is 0 Å². The van der Waals surface area contributed by atoms with Crippen molar-refractivity contribution in [3.05, 3.63) is 35.9 Å². The maximum absolute atomic E-state index is 12.3. The summed E-state index contributed by atoms with van der Waals surface area (Å²) in [5.41, 5.74) is 1.19. The number of thiocarbonyl (C=S) groups is 1. The first-order chi connectivity index (χ1) is 15.4. The minimum Gasteiger partial charge on any atom is -0.469 e. The third-order valence-corrected chi connectivity index (χ3v) is 5.58. The van der Waals surface area contributed by atoms with E-state index < -0.39 is 18.0 Å². The molecule has 0 radical (unpaired) electrons. The van der Waals surface area contributed by atoms with Crippen LogP contribution in [-0.2, 0) is 30.3 Å². The Bertz CT molecular complexity index is 777. The summed E-state index contributed by atoms with van der Waals surface area (Å²) in [6, 6.07) is 9.13. The molecule has 2 rings (SSSR count). The second-order valence-electron chi connectivity index (χ2n) is 7.51. The number of benzene rings is 1. The molecule has 0 bridgehead atoms. The number of nitrogens with one attached hydrogen (secondary N) is 2. The van der Waals surface area contributed by atoms with Crippen molar-refractivity contribution in [1.29, 1.82) is 0 Å². The Balaban J connectivity index is 1.77. The number of amides is 1. The summed E-state index contributed by atoms with van der Waals surface area (Å²) < 4.78 is 9.39. The lowest BCUT2D eigenvalue weighted by Crippen LogP contribution is -2.50. The van der Waals surface area contributed by atoms with Gasteiger partial charge < -0.3 is 25.0 Å². The number of nitrogens with zero attached hydrogens (tertiary/aromatic N) is 2. The molecule has 10 heteroatoms. The van der Waals surface area contributed by atoms with Gasteiger partial charge in [0.15, 0.2) is 5.11 Å². The van der Waals surface area contributed by atoms with E-state index >= 15 is 0 Å². The van der Waals surface area contributed by atoms with Gasteiger partial charge in [0, 0.05) is 32.7 Å². The number of carbonyl (C=O) groups excluding carboxylic acids is 3. The summed E-state index contributed by atoms with van der Waals surface area (Å²) in [6.07, 6.45) is 1.44. The first-order valence-corrected chi connectivity index (χ1v) is 11.1. The molecule has 1 unspecified atom stereocenters. The van der Waals surface area contributed by atoms with E-state index in [0.29, 0.717) is 37.8 Å². The molecule has 0 spiro atoms. The zero-order valence-corrected chi connectivity index (χ0v) is 19.5. The summed E-state index contributed by atoms with van der Waals surface area (Å²) in [4.78, 5) is 39.9. The molecule has 1 aliphatic heterocycles. The molecular weight excluding hydrogens is 432 g/mol. The van der Waals surface area contributed by atoms with E-state index in [1.165, 1.54) is 19.8 Å². The molecule has 176 valence electrons. The van der Waals surface area contributed by atoms with Crippen LogP contribution in [0.3, 0.4) is 0 Å². The fraction of sp³-hybridized carbons (Fsp3) is 0.545. The third kappa shape index (κ3) is 8.80. The minimum absolute atomic E-state index is 0.00100. The largest absolute Gasteiger partial charge is 0.469 e. The van der Waals surface area contributed by atoms with Crippen LogP contribution in [0.25, 0.3) is 0 Å². The van der Waals surface area contributed by atoms with Crippen LogP contribution in [0.15, 0.2) is 30.3 Å². The predicted octanol–water partition coefficient (Wildman–Crippen LogP) is 0.332. The Hall–Kier alpha value is -2.72. The van der Waals surface area contributed by atoms with E-state index in [-0.39, 0.29) is 12.3 Å². The Morgan fingerprint density at radius 2 is 1.81 bits per heavy atom. The van der Waals surface area contributed by atoms with Crippen LogP contribution in [0, 0.1) is 0 Å². The Morgan fingerprint density at radius 1 is 1.06 bits per heavy atom. The topological polar surface area (TPSA) is 100 Å². The number of esters is 2. The summed E-state index contributed by atoms with van der Waals surface area (Å²) in [7, 11) is 2.52. The summed E-state index contributed by atoms with van der Waals surface area (Å²) >= 11 is 5.45. The quantitative estimate of drug-likeness (QED) is 0.396. The van der Waals surface area contributed by atoms with Gasteiger partial charge in [0.05, 0.1) is 27.2 Å². The highest BCUT2D eigenvalue weighted by atomic mass is 32.1. The number of hydrogen-bond donors (Lipinski definition) is 2. The van der Waals surface area contributed by atoms with Gasteiger partial charge in [-0.1, -0.05) is 30.3 Å². The highest BCUT2D eigenvalue weighted by Gasteiger charge is 2.26. The first-order valence-electron chi connectivity index (χ1n) is 10.7. The SMILES string of the molecule is COC(=O)CC(NC(=S)N1CCCN(CC(=O)NCCc2ccccc2)CC1)C(=O)OC. The Kier molecular flexibility index (Phi) is 10.9.